The van der Waals surface area contributed by atoms with E-state index < -0.39 is 21.7 Å². The van der Waals surface area contributed by atoms with E-state index in [1.807, 2.05) is 0 Å². The highest BCUT2D eigenvalue weighted by molar-refractivity contribution is 7.89. The van der Waals surface area contributed by atoms with E-state index in [0.29, 0.717) is 0 Å². The SMILES string of the molecule is CN(C)S(=O)(=O)c1cc(C(=O)Nc2ccccc2F)ccc1Cl. The van der Waals surface area contributed by atoms with Crippen molar-refractivity contribution in [2.75, 3.05) is 19.4 Å². The van der Waals surface area contributed by atoms with Crippen LogP contribution in [-0.4, -0.2) is 32.7 Å². The van der Waals surface area contributed by atoms with Gasteiger partial charge < -0.3 is 5.32 Å². The summed E-state index contributed by atoms with van der Waals surface area (Å²) in [6.07, 6.45) is 0. The predicted octanol–water partition coefficient (Wildman–Crippen LogP) is 2.98. The molecule has 1 N–H and O–H groups in total. The highest BCUT2D eigenvalue weighted by Gasteiger charge is 2.22. The molecule has 0 aliphatic rings. The fraction of sp³-hybridized carbons (Fsp3) is 0.133. The summed E-state index contributed by atoms with van der Waals surface area (Å²) in [6, 6.07) is 9.52. The van der Waals surface area contributed by atoms with Crippen LogP contribution in [0.25, 0.3) is 0 Å². The van der Waals surface area contributed by atoms with Gasteiger partial charge in [-0.1, -0.05) is 23.7 Å². The van der Waals surface area contributed by atoms with Gasteiger partial charge in [-0.25, -0.2) is 17.1 Å². The van der Waals surface area contributed by atoms with Crippen LogP contribution in [0.1, 0.15) is 10.4 Å². The van der Waals surface area contributed by atoms with Crippen molar-refractivity contribution in [2.24, 2.45) is 0 Å². The quantitative estimate of drug-likeness (QED) is 0.915. The summed E-state index contributed by atoms with van der Waals surface area (Å²) in [7, 11) is -1.08. The molecule has 0 saturated heterocycles. The lowest BCUT2D eigenvalue weighted by atomic mass is 10.2. The third-order valence-corrected chi connectivity index (χ3v) is 5.37. The largest absolute Gasteiger partial charge is 0.319 e. The maximum atomic E-state index is 13.6. The molecule has 2 rings (SSSR count). The van der Waals surface area contributed by atoms with Gasteiger partial charge in [0.15, 0.2) is 0 Å². The minimum Gasteiger partial charge on any atom is -0.319 e. The Hall–Kier alpha value is -1.96. The molecule has 2 aromatic carbocycles. The number of para-hydroxylation sites is 1. The lowest BCUT2D eigenvalue weighted by molar-refractivity contribution is 0.102. The Morgan fingerprint density at radius 3 is 2.43 bits per heavy atom. The number of rotatable bonds is 4. The van der Waals surface area contributed by atoms with Gasteiger partial charge in [0.05, 0.1) is 10.7 Å². The average Bonchev–Trinajstić information content (AvgIpc) is 2.49. The normalized spacial score (nSPS) is 11.5. The van der Waals surface area contributed by atoms with Crippen molar-refractivity contribution >= 4 is 33.2 Å². The summed E-state index contributed by atoms with van der Waals surface area (Å²) >= 11 is 5.92. The van der Waals surface area contributed by atoms with Crippen LogP contribution in [0.5, 0.6) is 0 Å². The third-order valence-electron chi connectivity index (χ3n) is 3.07. The zero-order valence-electron chi connectivity index (χ0n) is 12.4. The minimum absolute atomic E-state index is 0.00106. The second-order valence-electron chi connectivity index (χ2n) is 4.87. The molecule has 122 valence electrons. The molecular weight excluding hydrogens is 343 g/mol. The van der Waals surface area contributed by atoms with E-state index in [0.717, 1.165) is 10.4 Å². The van der Waals surface area contributed by atoms with Crippen molar-refractivity contribution in [1.29, 1.82) is 0 Å². The van der Waals surface area contributed by atoms with Gasteiger partial charge in [-0.05, 0) is 30.3 Å². The molecule has 23 heavy (non-hydrogen) atoms. The van der Waals surface area contributed by atoms with E-state index in [9.17, 15) is 17.6 Å². The van der Waals surface area contributed by atoms with E-state index in [2.05, 4.69) is 5.32 Å². The molecule has 8 heteroatoms. The summed E-state index contributed by atoms with van der Waals surface area (Å²) in [4.78, 5) is 12.0. The van der Waals surface area contributed by atoms with Crippen molar-refractivity contribution in [1.82, 2.24) is 4.31 Å². The Balaban J connectivity index is 2.38. The van der Waals surface area contributed by atoms with Crippen LogP contribution in [0.4, 0.5) is 10.1 Å². The number of halogens is 2. The smallest absolute Gasteiger partial charge is 0.255 e. The Morgan fingerprint density at radius 1 is 1.17 bits per heavy atom. The Morgan fingerprint density at radius 2 is 1.83 bits per heavy atom. The van der Waals surface area contributed by atoms with Crippen LogP contribution in [-0.2, 0) is 10.0 Å². The number of benzene rings is 2. The van der Waals surface area contributed by atoms with Gasteiger partial charge in [0.1, 0.15) is 10.7 Å². The van der Waals surface area contributed by atoms with E-state index in [-0.39, 0.29) is 21.2 Å². The number of anilines is 1. The first-order valence-electron chi connectivity index (χ1n) is 6.51. The number of amides is 1. The van der Waals surface area contributed by atoms with E-state index >= 15 is 0 Å². The van der Waals surface area contributed by atoms with Gasteiger partial charge in [-0.15, -0.1) is 0 Å². The molecular formula is C15H14ClFN2O3S. The fourth-order valence-corrected chi connectivity index (χ4v) is 3.19. The molecule has 2 aromatic rings. The van der Waals surface area contributed by atoms with Crippen molar-refractivity contribution in [2.45, 2.75) is 4.90 Å². The van der Waals surface area contributed by atoms with E-state index in [4.69, 9.17) is 11.6 Å². The highest BCUT2D eigenvalue weighted by Crippen LogP contribution is 2.25. The first kappa shape index (κ1) is 17.4. The summed E-state index contributed by atoms with van der Waals surface area (Å²) in [6.45, 7) is 0. The topological polar surface area (TPSA) is 66.5 Å². The summed E-state index contributed by atoms with van der Waals surface area (Å²) < 4.78 is 38.9. The standard InChI is InChI=1S/C15H14ClFN2O3S/c1-19(2)23(21,22)14-9-10(7-8-11(14)16)15(20)18-13-6-4-3-5-12(13)17/h3-9H,1-2H3,(H,18,20). The maximum absolute atomic E-state index is 13.6. The second-order valence-corrected chi connectivity index (χ2v) is 7.39. The first-order chi connectivity index (χ1) is 10.7. The van der Waals surface area contributed by atoms with Crippen molar-refractivity contribution in [3.8, 4) is 0 Å². The molecule has 5 nitrogen and oxygen atoms in total. The fourth-order valence-electron chi connectivity index (χ4n) is 1.80. The summed E-state index contributed by atoms with van der Waals surface area (Å²) in [5.41, 5.74) is 0.0579. The molecule has 0 radical (unpaired) electrons. The summed E-state index contributed by atoms with van der Waals surface area (Å²) in [5.74, 6) is -1.22. The van der Waals surface area contributed by atoms with Crippen molar-refractivity contribution in [3.63, 3.8) is 0 Å². The lowest BCUT2D eigenvalue weighted by Gasteiger charge is -2.14. The molecule has 0 atom stereocenters. The first-order valence-corrected chi connectivity index (χ1v) is 8.33. The number of carbonyl (C=O) groups excluding carboxylic acids is 1. The van der Waals surface area contributed by atoms with Gasteiger partial charge in [0, 0.05) is 19.7 Å². The molecule has 0 aromatic heterocycles. The number of sulfonamides is 1. The van der Waals surface area contributed by atoms with Crippen LogP contribution in [0.3, 0.4) is 0 Å². The third kappa shape index (κ3) is 3.69. The van der Waals surface area contributed by atoms with E-state index in [1.165, 1.54) is 44.4 Å². The minimum atomic E-state index is -3.80. The Labute approximate surface area is 138 Å². The molecule has 0 heterocycles. The van der Waals surface area contributed by atoms with Gasteiger partial charge in [-0.2, -0.15) is 0 Å². The van der Waals surface area contributed by atoms with Gasteiger partial charge in [0.25, 0.3) is 5.91 Å². The number of nitrogens with zero attached hydrogens (tertiary/aromatic N) is 1. The molecule has 0 fully saturated rings. The van der Waals surface area contributed by atoms with Crippen molar-refractivity contribution < 1.29 is 17.6 Å². The van der Waals surface area contributed by atoms with Crippen LogP contribution in [0, 0.1) is 5.82 Å². The van der Waals surface area contributed by atoms with Crippen LogP contribution in [0.15, 0.2) is 47.4 Å². The van der Waals surface area contributed by atoms with Crippen molar-refractivity contribution in [3.05, 3.63) is 58.9 Å². The zero-order chi connectivity index (χ0) is 17.2. The molecule has 0 saturated carbocycles. The lowest BCUT2D eigenvalue weighted by Crippen LogP contribution is -2.23. The number of hydrogen-bond acceptors (Lipinski definition) is 3. The van der Waals surface area contributed by atoms with E-state index in [1.54, 1.807) is 6.07 Å². The predicted molar refractivity (Wildman–Crippen MR) is 86.7 cm³/mol. The maximum Gasteiger partial charge on any atom is 0.255 e. The zero-order valence-corrected chi connectivity index (χ0v) is 14.0. The van der Waals surface area contributed by atoms with Gasteiger partial charge in [-0.3, -0.25) is 4.79 Å². The number of nitrogens with one attached hydrogen (secondary N) is 1. The Kier molecular flexibility index (Phi) is 5.03. The molecule has 0 bridgehead atoms. The molecule has 0 aliphatic carbocycles. The number of carbonyl (C=O) groups is 1. The van der Waals surface area contributed by atoms with Gasteiger partial charge in [0.2, 0.25) is 10.0 Å². The Bertz CT molecular complexity index is 854. The summed E-state index contributed by atoms with van der Waals surface area (Å²) in [5, 5.41) is 2.39. The highest BCUT2D eigenvalue weighted by atomic mass is 35.5. The second kappa shape index (κ2) is 6.66. The molecule has 0 spiro atoms. The average molecular weight is 357 g/mol. The van der Waals surface area contributed by atoms with Gasteiger partial charge >= 0.3 is 0 Å². The number of hydrogen-bond donors (Lipinski definition) is 1. The molecule has 0 unspecified atom stereocenters. The molecule has 0 aliphatic heterocycles. The van der Waals surface area contributed by atoms with Crippen LogP contribution >= 0.6 is 11.6 Å². The molecule has 1 amide bonds. The monoisotopic (exact) mass is 356 g/mol. The van der Waals surface area contributed by atoms with Crippen LogP contribution in [0.2, 0.25) is 5.02 Å². The van der Waals surface area contributed by atoms with Crippen LogP contribution < -0.4 is 5.32 Å².